The molecule has 4 rings (SSSR count). The van der Waals surface area contributed by atoms with Crippen LogP contribution in [0.2, 0.25) is 0 Å². The van der Waals surface area contributed by atoms with Crippen molar-refractivity contribution >= 4 is 46.2 Å². The molecule has 2 amide bonds. The van der Waals surface area contributed by atoms with Crippen molar-refractivity contribution in [3.63, 3.8) is 0 Å². The van der Waals surface area contributed by atoms with Gasteiger partial charge >= 0.3 is 0 Å². The minimum atomic E-state index is -0.556. The fourth-order valence-corrected chi connectivity index (χ4v) is 4.25. The first kappa shape index (κ1) is 24.2. The topological polar surface area (TPSA) is 71.0 Å². The van der Waals surface area contributed by atoms with E-state index < -0.39 is 11.7 Å². The minimum absolute atomic E-state index is 0.000193. The van der Waals surface area contributed by atoms with Crippen LogP contribution < -0.4 is 15.0 Å². The molecule has 0 atom stereocenters. The lowest BCUT2D eigenvalue weighted by atomic mass is 10.1. The molecule has 3 aromatic carbocycles. The molecule has 8 heteroatoms. The molecule has 0 saturated heterocycles. The van der Waals surface area contributed by atoms with E-state index in [1.807, 2.05) is 32.0 Å². The number of amides is 2. The van der Waals surface area contributed by atoms with E-state index in [9.17, 15) is 14.0 Å². The second kappa shape index (κ2) is 10.6. The van der Waals surface area contributed by atoms with Crippen LogP contribution >= 0.6 is 11.8 Å². The summed E-state index contributed by atoms with van der Waals surface area (Å²) >= 11 is 1.07. The van der Waals surface area contributed by atoms with Crippen molar-refractivity contribution in [3.8, 4) is 5.75 Å². The van der Waals surface area contributed by atoms with Gasteiger partial charge in [-0.05, 0) is 73.0 Å². The lowest BCUT2D eigenvalue weighted by Crippen LogP contribution is -2.32. The predicted molar refractivity (Wildman–Crippen MR) is 139 cm³/mol. The number of aliphatic imine (C=N–C) groups is 1. The van der Waals surface area contributed by atoms with Gasteiger partial charge in [0.2, 0.25) is 5.91 Å². The summed E-state index contributed by atoms with van der Waals surface area (Å²) in [5.41, 5.74) is 3.86. The summed E-state index contributed by atoms with van der Waals surface area (Å²) in [4.78, 5) is 31.5. The Balaban J connectivity index is 1.57. The standard InChI is InChI=1S/C27H24FN3O3S/c1-17-8-11-20(14-18(17)2)29-25(32)16-35-27-30-23(15-19-9-12-21(34-3)13-10-19)26(33)31(27)24-7-5-4-6-22(24)28/h4-15H,16H2,1-3H3,(H,29,32)/b23-15-. The molecule has 0 unspecified atom stereocenters. The average Bonchev–Trinajstić information content (AvgIpc) is 3.15. The number of benzene rings is 3. The third-order valence-corrected chi connectivity index (χ3v) is 6.40. The fourth-order valence-electron chi connectivity index (χ4n) is 3.44. The normalized spacial score (nSPS) is 14.3. The Morgan fingerprint density at radius 2 is 1.83 bits per heavy atom. The first-order valence-corrected chi connectivity index (χ1v) is 11.9. The molecule has 178 valence electrons. The van der Waals surface area contributed by atoms with E-state index >= 15 is 0 Å². The second-order valence-electron chi connectivity index (χ2n) is 7.92. The molecule has 0 aromatic heterocycles. The van der Waals surface area contributed by atoms with Gasteiger partial charge < -0.3 is 10.1 Å². The molecule has 1 aliphatic rings. The summed E-state index contributed by atoms with van der Waals surface area (Å²) in [6.07, 6.45) is 1.62. The van der Waals surface area contributed by atoms with Crippen LogP contribution in [0.3, 0.4) is 0 Å². The maximum absolute atomic E-state index is 14.6. The van der Waals surface area contributed by atoms with Crippen molar-refractivity contribution in [2.24, 2.45) is 4.99 Å². The summed E-state index contributed by atoms with van der Waals surface area (Å²) in [5, 5.41) is 3.09. The zero-order valence-corrected chi connectivity index (χ0v) is 20.4. The Labute approximate surface area is 207 Å². The van der Waals surface area contributed by atoms with E-state index in [-0.39, 0.29) is 28.2 Å². The largest absolute Gasteiger partial charge is 0.497 e. The number of rotatable bonds is 6. The number of thioether (sulfide) groups is 1. The number of para-hydroxylation sites is 1. The number of hydrogen-bond donors (Lipinski definition) is 1. The third-order valence-electron chi connectivity index (χ3n) is 5.47. The van der Waals surface area contributed by atoms with Gasteiger partial charge in [-0.1, -0.05) is 42.1 Å². The summed E-state index contributed by atoms with van der Waals surface area (Å²) in [5.74, 6) is -0.593. The number of ether oxygens (including phenoxy) is 1. The molecule has 1 N–H and O–H groups in total. The van der Waals surface area contributed by atoms with E-state index in [1.54, 1.807) is 49.6 Å². The Morgan fingerprint density at radius 3 is 2.51 bits per heavy atom. The molecule has 3 aromatic rings. The summed E-state index contributed by atoms with van der Waals surface area (Å²) in [6.45, 7) is 3.97. The monoisotopic (exact) mass is 489 g/mol. The lowest BCUT2D eigenvalue weighted by molar-refractivity contribution is -0.114. The number of methoxy groups -OCH3 is 1. The van der Waals surface area contributed by atoms with Crippen LogP contribution in [0.5, 0.6) is 5.75 Å². The van der Waals surface area contributed by atoms with Gasteiger partial charge in [-0.2, -0.15) is 0 Å². The van der Waals surface area contributed by atoms with Gasteiger partial charge in [-0.3, -0.25) is 14.5 Å². The molecule has 0 spiro atoms. The fraction of sp³-hybridized carbons (Fsp3) is 0.148. The van der Waals surface area contributed by atoms with Crippen molar-refractivity contribution < 1.29 is 18.7 Å². The Hall–Kier alpha value is -3.91. The molecule has 0 saturated carbocycles. The number of amidine groups is 1. The first-order valence-electron chi connectivity index (χ1n) is 10.9. The molecule has 35 heavy (non-hydrogen) atoms. The van der Waals surface area contributed by atoms with Gasteiger partial charge in [0.25, 0.3) is 5.91 Å². The molecule has 1 heterocycles. The van der Waals surface area contributed by atoms with Crippen molar-refractivity contribution in [1.82, 2.24) is 0 Å². The maximum atomic E-state index is 14.6. The number of aryl methyl sites for hydroxylation is 2. The number of carbonyl (C=O) groups excluding carboxylic acids is 2. The van der Waals surface area contributed by atoms with Gasteiger partial charge in [0, 0.05) is 5.69 Å². The third kappa shape index (κ3) is 5.60. The summed E-state index contributed by atoms with van der Waals surface area (Å²) < 4.78 is 19.8. The zero-order valence-electron chi connectivity index (χ0n) is 19.5. The van der Waals surface area contributed by atoms with Crippen LogP contribution in [0.1, 0.15) is 16.7 Å². The number of nitrogens with one attached hydrogen (secondary N) is 1. The summed E-state index contributed by atoms with van der Waals surface area (Å²) in [7, 11) is 1.57. The molecular weight excluding hydrogens is 465 g/mol. The Bertz CT molecular complexity index is 1340. The van der Waals surface area contributed by atoms with Crippen LogP contribution in [0.4, 0.5) is 15.8 Å². The smallest absolute Gasteiger partial charge is 0.283 e. The molecule has 0 radical (unpaired) electrons. The molecule has 0 bridgehead atoms. The minimum Gasteiger partial charge on any atom is -0.497 e. The molecule has 0 aliphatic carbocycles. The molecule has 1 aliphatic heterocycles. The van der Waals surface area contributed by atoms with Crippen LogP contribution in [0.15, 0.2) is 77.4 Å². The zero-order chi connectivity index (χ0) is 24.9. The van der Waals surface area contributed by atoms with E-state index in [4.69, 9.17) is 4.74 Å². The predicted octanol–water partition coefficient (Wildman–Crippen LogP) is 5.57. The Morgan fingerprint density at radius 1 is 1.09 bits per heavy atom. The quantitative estimate of drug-likeness (QED) is 0.460. The van der Waals surface area contributed by atoms with Crippen molar-refractivity contribution in [1.29, 1.82) is 0 Å². The van der Waals surface area contributed by atoms with Gasteiger partial charge in [-0.15, -0.1) is 0 Å². The molecular formula is C27H24FN3O3S. The van der Waals surface area contributed by atoms with Gasteiger partial charge in [-0.25, -0.2) is 9.38 Å². The number of carbonyl (C=O) groups is 2. The van der Waals surface area contributed by atoms with E-state index in [2.05, 4.69) is 10.3 Å². The maximum Gasteiger partial charge on any atom is 0.283 e. The molecule has 0 fully saturated rings. The van der Waals surface area contributed by atoms with Crippen LogP contribution in [0.25, 0.3) is 6.08 Å². The lowest BCUT2D eigenvalue weighted by Gasteiger charge is -2.18. The van der Waals surface area contributed by atoms with Gasteiger partial charge in [0.05, 0.1) is 18.6 Å². The highest BCUT2D eigenvalue weighted by Crippen LogP contribution is 2.31. The van der Waals surface area contributed by atoms with Gasteiger partial charge in [0.1, 0.15) is 17.3 Å². The van der Waals surface area contributed by atoms with Crippen LogP contribution in [0, 0.1) is 19.7 Å². The van der Waals surface area contributed by atoms with Crippen molar-refractivity contribution in [3.05, 3.63) is 94.9 Å². The highest BCUT2D eigenvalue weighted by Gasteiger charge is 2.33. The average molecular weight is 490 g/mol. The van der Waals surface area contributed by atoms with Crippen LogP contribution in [-0.4, -0.2) is 29.8 Å². The molecule has 6 nitrogen and oxygen atoms in total. The number of nitrogens with zero attached hydrogens (tertiary/aromatic N) is 2. The summed E-state index contributed by atoms with van der Waals surface area (Å²) in [6, 6.07) is 18.8. The van der Waals surface area contributed by atoms with Crippen LogP contribution in [-0.2, 0) is 9.59 Å². The van der Waals surface area contributed by atoms with E-state index in [0.717, 1.165) is 28.5 Å². The Kier molecular flexibility index (Phi) is 7.31. The SMILES string of the molecule is COc1ccc(/C=C2\N=C(SCC(=O)Nc3ccc(C)c(C)c3)N(c3ccccc3F)C2=O)cc1. The van der Waals surface area contributed by atoms with Crippen molar-refractivity contribution in [2.45, 2.75) is 13.8 Å². The van der Waals surface area contributed by atoms with Crippen molar-refractivity contribution in [2.75, 3.05) is 23.1 Å². The second-order valence-corrected chi connectivity index (χ2v) is 8.87. The first-order chi connectivity index (χ1) is 16.9. The van der Waals surface area contributed by atoms with Gasteiger partial charge in [0.15, 0.2) is 5.17 Å². The number of hydrogen-bond acceptors (Lipinski definition) is 5. The highest BCUT2D eigenvalue weighted by molar-refractivity contribution is 8.14. The number of halogens is 1. The highest BCUT2D eigenvalue weighted by atomic mass is 32.2. The van der Waals surface area contributed by atoms with E-state index in [1.165, 1.54) is 17.0 Å². The van der Waals surface area contributed by atoms with E-state index in [0.29, 0.717) is 11.4 Å². The number of anilines is 2.